The van der Waals surface area contributed by atoms with Crippen molar-refractivity contribution in [1.82, 2.24) is 4.90 Å². The van der Waals surface area contributed by atoms with Gasteiger partial charge in [0, 0.05) is 17.9 Å². The van der Waals surface area contributed by atoms with Crippen LogP contribution in [0.4, 0.5) is 0 Å². The highest BCUT2D eigenvalue weighted by Gasteiger charge is 2.45. The molecule has 0 radical (unpaired) electrons. The van der Waals surface area contributed by atoms with Crippen LogP contribution in [0, 0.1) is 11.8 Å². The molecule has 14 heavy (non-hydrogen) atoms. The minimum Gasteiger partial charge on any atom is -0.300 e. The lowest BCUT2D eigenvalue weighted by Gasteiger charge is -2.34. The van der Waals surface area contributed by atoms with Crippen molar-refractivity contribution in [2.75, 3.05) is 13.1 Å². The summed E-state index contributed by atoms with van der Waals surface area (Å²) in [5.41, 5.74) is 0. The SMILES string of the molecule is O=C1C2CCC1C(N1CCCC1)CC2. The van der Waals surface area contributed by atoms with E-state index in [4.69, 9.17) is 0 Å². The first-order chi connectivity index (χ1) is 6.86. The fourth-order valence-electron chi connectivity index (χ4n) is 3.72. The van der Waals surface area contributed by atoms with Crippen molar-refractivity contribution in [3.05, 3.63) is 0 Å². The van der Waals surface area contributed by atoms with Gasteiger partial charge < -0.3 is 0 Å². The van der Waals surface area contributed by atoms with Crippen LogP contribution in [0.15, 0.2) is 0 Å². The Labute approximate surface area is 85.7 Å². The van der Waals surface area contributed by atoms with E-state index in [0.717, 1.165) is 0 Å². The summed E-state index contributed by atoms with van der Waals surface area (Å²) in [5, 5.41) is 0. The fourth-order valence-corrected chi connectivity index (χ4v) is 3.72. The molecule has 3 aliphatic rings. The van der Waals surface area contributed by atoms with Crippen LogP contribution in [0.3, 0.4) is 0 Å². The smallest absolute Gasteiger partial charge is 0.140 e. The Hall–Kier alpha value is -0.370. The first kappa shape index (κ1) is 8.90. The monoisotopic (exact) mass is 193 g/mol. The summed E-state index contributed by atoms with van der Waals surface area (Å²) in [7, 11) is 0. The second-order valence-corrected chi connectivity index (χ2v) is 5.17. The Morgan fingerprint density at radius 2 is 1.71 bits per heavy atom. The Morgan fingerprint density at radius 1 is 1.00 bits per heavy atom. The van der Waals surface area contributed by atoms with Crippen LogP contribution in [0.2, 0.25) is 0 Å². The molecule has 0 spiro atoms. The third kappa shape index (κ3) is 1.23. The zero-order valence-corrected chi connectivity index (χ0v) is 8.74. The molecule has 0 N–H and O–H groups in total. The van der Waals surface area contributed by atoms with Gasteiger partial charge in [-0.3, -0.25) is 9.69 Å². The molecule has 2 bridgehead atoms. The Morgan fingerprint density at radius 3 is 2.50 bits per heavy atom. The van der Waals surface area contributed by atoms with E-state index >= 15 is 0 Å². The molecule has 2 saturated carbocycles. The van der Waals surface area contributed by atoms with Gasteiger partial charge in [-0.1, -0.05) is 0 Å². The molecule has 3 atom stereocenters. The second kappa shape index (κ2) is 3.34. The van der Waals surface area contributed by atoms with E-state index in [1.807, 2.05) is 0 Å². The van der Waals surface area contributed by atoms with Gasteiger partial charge in [0.05, 0.1) is 0 Å². The molecule has 2 heteroatoms. The molecule has 3 fully saturated rings. The van der Waals surface area contributed by atoms with Crippen LogP contribution in [0.5, 0.6) is 0 Å². The van der Waals surface area contributed by atoms with Crippen LogP contribution in [-0.2, 0) is 4.79 Å². The number of likely N-dealkylation sites (tertiary alicyclic amines) is 1. The summed E-state index contributed by atoms with van der Waals surface area (Å²) in [6, 6.07) is 0.628. The molecule has 2 nitrogen and oxygen atoms in total. The van der Waals surface area contributed by atoms with E-state index in [9.17, 15) is 4.79 Å². The molecular weight excluding hydrogens is 174 g/mol. The lowest BCUT2D eigenvalue weighted by Crippen LogP contribution is -2.44. The lowest BCUT2D eigenvalue weighted by atomic mass is 9.83. The number of Topliss-reactive ketones (excluding diaryl/α,β-unsaturated/α-hetero) is 1. The summed E-state index contributed by atoms with van der Waals surface area (Å²) in [6.45, 7) is 2.50. The average molecular weight is 193 g/mol. The van der Waals surface area contributed by atoms with Crippen LogP contribution in [0.1, 0.15) is 38.5 Å². The summed E-state index contributed by atoms with van der Waals surface area (Å²) in [6.07, 6.45) is 7.54. The largest absolute Gasteiger partial charge is 0.300 e. The summed E-state index contributed by atoms with van der Waals surface area (Å²) >= 11 is 0. The molecule has 78 valence electrons. The number of ketones is 1. The van der Waals surface area contributed by atoms with Gasteiger partial charge in [-0.25, -0.2) is 0 Å². The zero-order chi connectivity index (χ0) is 9.54. The first-order valence-electron chi connectivity index (χ1n) is 6.14. The molecule has 3 unspecified atom stereocenters. The van der Waals surface area contributed by atoms with Gasteiger partial charge in [0.25, 0.3) is 0 Å². The number of carbonyl (C=O) groups is 1. The van der Waals surface area contributed by atoms with Crippen LogP contribution in [0.25, 0.3) is 0 Å². The normalized spacial score (nSPS) is 43.4. The van der Waals surface area contributed by atoms with E-state index in [1.54, 1.807) is 0 Å². The predicted molar refractivity (Wildman–Crippen MR) is 55.1 cm³/mol. The third-order valence-electron chi connectivity index (χ3n) is 4.48. The number of hydrogen-bond acceptors (Lipinski definition) is 2. The first-order valence-corrected chi connectivity index (χ1v) is 6.14. The van der Waals surface area contributed by atoms with Gasteiger partial charge >= 0.3 is 0 Å². The van der Waals surface area contributed by atoms with E-state index in [0.29, 0.717) is 23.7 Å². The molecule has 3 rings (SSSR count). The van der Waals surface area contributed by atoms with Crippen molar-refractivity contribution in [2.45, 2.75) is 44.6 Å². The van der Waals surface area contributed by atoms with Gasteiger partial charge in [-0.15, -0.1) is 0 Å². The quantitative estimate of drug-likeness (QED) is 0.633. The maximum Gasteiger partial charge on any atom is 0.140 e. The molecule has 1 heterocycles. The van der Waals surface area contributed by atoms with Crippen LogP contribution in [-0.4, -0.2) is 29.8 Å². The van der Waals surface area contributed by atoms with E-state index in [-0.39, 0.29) is 0 Å². The highest BCUT2D eigenvalue weighted by atomic mass is 16.1. The van der Waals surface area contributed by atoms with Crippen LogP contribution < -0.4 is 0 Å². The average Bonchev–Trinajstić information content (AvgIpc) is 2.76. The lowest BCUT2D eigenvalue weighted by molar-refractivity contribution is -0.128. The summed E-state index contributed by atoms with van der Waals surface area (Å²) in [4.78, 5) is 14.5. The van der Waals surface area contributed by atoms with Crippen molar-refractivity contribution in [1.29, 1.82) is 0 Å². The fraction of sp³-hybridized carbons (Fsp3) is 0.917. The topological polar surface area (TPSA) is 20.3 Å². The third-order valence-corrected chi connectivity index (χ3v) is 4.48. The molecule has 1 saturated heterocycles. The maximum absolute atomic E-state index is 11.9. The van der Waals surface area contributed by atoms with Crippen molar-refractivity contribution in [2.24, 2.45) is 11.8 Å². The number of fused-ring (bicyclic) bond motifs is 2. The number of rotatable bonds is 1. The zero-order valence-electron chi connectivity index (χ0n) is 8.74. The molecule has 0 amide bonds. The Kier molecular flexibility index (Phi) is 2.12. The highest BCUT2D eigenvalue weighted by molar-refractivity contribution is 5.86. The van der Waals surface area contributed by atoms with Gasteiger partial charge in [0.1, 0.15) is 5.78 Å². The van der Waals surface area contributed by atoms with Crippen LogP contribution >= 0.6 is 0 Å². The van der Waals surface area contributed by atoms with Crippen molar-refractivity contribution in [3.63, 3.8) is 0 Å². The second-order valence-electron chi connectivity index (χ2n) is 5.17. The minimum atomic E-state index is 0.423. The van der Waals surface area contributed by atoms with Crippen molar-refractivity contribution < 1.29 is 4.79 Å². The highest BCUT2D eigenvalue weighted by Crippen LogP contribution is 2.41. The molecule has 2 aliphatic carbocycles. The Bertz CT molecular complexity index is 245. The van der Waals surface area contributed by atoms with Gasteiger partial charge in [0.15, 0.2) is 0 Å². The summed E-state index contributed by atoms with van der Waals surface area (Å²) in [5.74, 6) is 1.49. The van der Waals surface area contributed by atoms with E-state index in [2.05, 4.69) is 4.90 Å². The van der Waals surface area contributed by atoms with Crippen molar-refractivity contribution in [3.8, 4) is 0 Å². The standard InChI is InChI=1S/C12H19NO/c14-12-9-3-5-10(12)11(6-4-9)13-7-1-2-8-13/h9-11H,1-8H2. The molecule has 0 aromatic heterocycles. The molecule has 0 aromatic rings. The number of nitrogens with zero attached hydrogens (tertiary/aromatic N) is 1. The number of carbonyl (C=O) groups excluding carboxylic acids is 1. The Balaban J connectivity index is 1.76. The molecule has 1 aliphatic heterocycles. The maximum atomic E-state index is 11.9. The summed E-state index contributed by atoms with van der Waals surface area (Å²) < 4.78 is 0. The molecular formula is C12H19NO. The predicted octanol–water partition coefficient (Wildman–Crippen LogP) is 1.84. The van der Waals surface area contributed by atoms with Gasteiger partial charge in [0.2, 0.25) is 0 Å². The van der Waals surface area contributed by atoms with E-state index in [1.165, 1.54) is 51.6 Å². The van der Waals surface area contributed by atoms with Gasteiger partial charge in [-0.05, 0) is 51.6 Å². The van der Waals surface area contributed by atoms with E-state index < -0.39 is 0 Å². The molecule has 0 aromatic carbocycles. The van der Waals surface area contributed by atoms with Gasteiger partial charge in [-0.2, -0.15) is 0 Å². The minimum absolute atomic E-state index is 0.423. The van der Waals surface area contributed by atoms with Crippen molar-refractivity contribution >= 4 is 5.78 Å². The number of hydrogen-bond donors (Lipinski definition) is 0.